The van der Waals surface area contributed by atoms with Gasteiger partial charge >= 0.3 is 0 Å². The van der Waals surface area contributed by atoms with Crippen molar-refractivity contribution in [3.05, 3.63) is 23.2 Å². The highest BCUT2D eigenvalue weighted by molar-refractivity contribution is 6.30. The van der Waals surface area contributed by atoms with Gasteiger partial charge in [0.1, 0.15) is 5.75 Å². The van der Waals surface area contributed by atoms with E-state index in [1.54, 1.807) is 7.11 Å². The zero-order valence-electron chi connectivity index (χ0n) is 10.7. The summed E-state index contributed by atoms with van der Waals surface area (Å²) in [5.41, 5.74) is 1.16. The van der Waals surface area contributed by atoms with E-state index in [-0.39, 0.29) is 0 Å². The van der Waals surface area contributed by atoms with E-state index in [4.69, 9.17) is 16.3 Å². The van der Waals surface area contributed by atoms with E-state index in [1.165, 1.54) is 12.8 Å². The number of halogens is 1. The van der Waals surface area contributed by atoms with Gasteiger partial charge in [-0.05, 0) is 25.0 Å². The number of methoxy groups -OCH3 is 1. The molecule has 0 N–H and O–H groups in total. The lowest BCUT2D eigenvalue weighted by Crippen LogP contribution is -2.47. The fourth-order valence-electron chi connectivity index (χ4n) is 2.68. The Morgan fingerprint density at radius 1 is 1.17 bits per heavy atom. The Balaban J connectivity index is 1.71. The molecule has 0 atom stereocenters. The van der Waals surface area contributed by atoms with Gasteiger partial charge < -0.3 is 9.64 Å². The lowest BCUT2D eigenvalue weighted by molar-refractivity contribution is 0.247. The number of ether oxygens (including phenoxy) is 1. The van der Waals surface area contributed by atoms with Gasteiger partial charge in [-0.15, -0.1) is 0 Å². The normalized spacial score (nSPS) is 21.1. The van der Waals surface area contributed by atoms with Crippen molar-refractivity contribution in [2.45, 2.75) is 18.9 Å². The second-order valence-corrected chi connectivity index (χ2v) is 5.51. The van der Waals surface area contributed by atoms with Crippen LogP contribution in [-0.2, 0) is 0 Å². The summed E-state index contributed by atoms with van der Waals surface area (Å²) in [5, 5.41) is 0.729. The number of benzene rings is 1. The van der Waals surface area contributed by atoms with Crippen LogP contribution < -0.4 is 9.64 Å². The third-order valence-corrected chi connectivity index (χ3v) is 4.10. The minimum Gasteiger partial charge on any atom is -0.495 e. The van der Waals surface area contributed by atoms with E-state index >= 15 is 0 Å². The van der Waals surface area contributed by atoms with Crippen LogP contribution in [-0.4, -0.2) is 44.2 Å². The minimum atomic E-state index is 0.729. The average molecular weight is 267 g/mol. The van der Waals surface area contributed by atoms with Gasteiger partial charge in [0.25, 0.3) is 0 Å². The van der Waals surface area contributed by atoms with E-state index in [1.807, 2.05) is 12.1 Å². The maximum atomic E-state index is 6.00. The molecule has 18 heavy (non-hydrogen) atoms. The Morgan fingerprint density at radius 2 is 1.89 bits per heavy atom. The monoisotopic (exact) mass is 266 g/mol. The summed E-state index contributed by atoms with van der Waals surface area (Å²) in [6, 6.07) is 6.77. The van der Waals surface area contributed by atoms with Crippen molar-refractivity contribution in [2.75, 3.05) is 38.2 Å². The van der Waals surface area contributed by atoms with E-state index in [0.29, 0.717) is 0 Å². The predicted octanol–water partition coefficient (Wildman–Crippen LogP) is 2.63. The topological polar surface area (TPSA) is 15.7 Å². The van der Waals surface area contributed by atoms with Crippen molar-refractivity contribution >= 4 is 17.3 Å². The maximum Gasteiger partial charge on any atom is 0.143 e. The van der Waals surface area contributed by atoms with Crippen LogP contribution in [0.25, 0.3) is 0 Å². The SMILES string of the molecule is COc1cc(Cl)ccc1N1CCN(C2CC2)CC1. The highest BCUT2D eigenvalue weighted by atomic mass is 35.5. The molecule has 0 spiro atoms. The quantitative estimate of drug-likeness (QED) is 0.837. The smallest absolute Gasteiger partial charge is 0.143 e. The molecular weight excluding hydrogens is 248 g/mol. The first kappa shape index (κ1) is 12.1. The Labute approximate surface area is 113 Å². The number of piperazine rings is 1. The van der Waals surface area contributed by atoms with Gasteiger partial charge in [-0.3, -0.25) is 4.90 Å². The second kappa shape index (κ2) is 4.98. The highest BCUT2D eigenvalue weighted by Gasteiger charge is 2.31. The fourth-order valence-corrected chi connectivity index (χ4v) is 2.84. The summed E-state index contributed by atoms with van der Waals surface area (Å²) < 4.78 is 5.43. The van der Waals surface area contributed by atoms with Gasteiger partial charge in [0.15, 0.2) is 0 Å². The minimum absolute atomic E-state index is 0.729. The van der Waals surface area contributed by atoms with Gasteiger partial charge in [-0.1, -0.05) is 11.6 Å². The molecule has 1 saturated heterocycles. The number of nitrogens with zero attached hydrogens (tertiary/aromatic N) is 2. The molecule has 0 radical (unpaired) electrons. The Morgan fingerprint density at radius 3 is 2.50 bits per heavy atom. The highest BCUT2D eigenvalue weighted by Crippen LogP contribution is 2.33. The predicted molar refractivity (Wildman–Crippen MR) is 74.8 cm³/mol. The van der Waals surface area contributed by atoms with Gasteiger partial charge in [0.2, 0.25) is 0 Å². The zero-order valence-corrected chi connectivity index (χ0v) is 11.5. The van der Waals surface area contributed by atoms with Crippen molar-refractivity contribution in [1.29, 1.82) is 0 Å². The molecule has 1 saturated carbocycles. The van der Waals surface area contributed by atoms with E-state index in [9.17, 15) is 0 Å². The maximum absolute atomic E-state index is 6.00. The molecule has 0 amide bonds. The number of hydrogen-bond donors (Lipinski definition) is 0. The number of anilines is 1. The lowest BCUT2D eigenvalue weighted by Gasteiger charge is -2.36. The Hall–Kier alpha value is -0.930. The summed E-state index contributed by atoms with van der Waals surface area (Å²) in [6.45, 7) is 4.48. The Bertz CT molecular complexity index is 426. The lowest BCUT2D eigenvalue weighted by atomic mass is 10.2. The molecule has 1 aromatic rings. The third kappa shape index (κ3) is 2.43. The summed E-state index contributed by atoms with van der Waals surface area (Å²) in [5.74, 6) is 0.877. The first-order chi connectivity index (χ1) is 8.78. The van der Waals surface area contributed by atoms with E-state index < -0.39 is 0 Å². The first-order valence-electron chi connectivity index (χ1n) is 6.60. The summed E-state index contributed by atoms with van der Waals surface area (Å²) in [4.78, 5) is 5.01. The largest absolute Gasteiger partial charge is 0.495 e. The second-order valence-electron chi connectivity index (χ2n) is 5.07. The van der Waals surface area contributed by atoms with Crippen LogP contribution in [0, 0.1) is 0 Å². The molecule has 0 unspecified atom stereocenters. The van der Waals surface area contributed by atoms with Crippen molar-refractivity contribution < 1.29 is 4.74 Å². The molecule has 1 heterocycles. The van der Waals surface area contributed by atoms with Crippen molar-refractivity contribution in [2.24, 2.45) is 0 Å². The standard InChI is InChI=1S/C14H19ClN2O/c1-18-14-10-11(15)2-5-13(14)17-8-6-16(7-9-17)12-3-4-12/h2,5,10,12H,3-4,6-9H2,1H3. The number of hydrogen-bond acceptors (Lipinski definition) is 3. The summed E-state index contributed by atoms with van der Waals surface area (Å²) in [6.07, 6.45) is 2.79. The van der Waals surface area contributed by atoms with Gasteiger partial charge in [-0.25, -0.2) is 0 Å². The number of rotatable bonds is 3. The molecule has 98 valence electrons. The summed E-state index contributed by atoms with van der Waals surface area (Å²) >= 11 is 6.00. The molecular formula is C14H19ClN2O. The fraction of sp³-hybridized carbons (Fsp3) is 0.571. The van der Waals surface area contributed by atoms with Crippen LogP contribution in [0.2, 0.25) is 5.02 Å². The zero-order chi connectivity index (χ0) is 12.5. The molecule has 4 heteroatoms. The van der Waals surface area contributed by atoms with E-state index in [0.717, 1.165) is 48.7 Å². The molecule has 1 aliphatic heterocycles. The molecule has 1 aromatic carbocycles. The van der Waals surface area contributed by atoms with Crippen LogP contribution in [0.3, 0.4) is 0 Å². The van der Waals surface area contributed by atoms with Crippen LogP contribution >= 0.6 is 11.6 Å². The van der Waals surface area contributed by atoms with Gasteiger partial charge in [-0.2, -0.15) is 0 Å². The van der Waals surface area contributed by atoms with E-state index in [2.05, 4.69) is 15.9 Å². The van der Waals surface area contributed by atoms with Crippen LogP contribution in [0.4, 0.5) is 5.69 Å². The van der Waals surface area contributed by atoms with Crippen molar-refractivity contribution in [3.8, 4) is 5.75 Å². The van der Waals surface area contributed by atoms with Crippen molar-refractivity contribution in [1.82, 2.24) is 4.90 Å². The molecule has 1 aliphatic carbocycles. The van der Waals surface area contributed by atoms with Crippen LogP contribution in [0.5, 0.6) is 5.75 Å². The third-order valence-electron chi connectivity index (χ3n) is 3.86. The molecule has 2 fully saturated rings. The molecule has 2 aliphatic rings. The van der Waals surface area contributed by atoms with Crippen LogP contribution in [0.15, 0.2) is 18.2 Å². The Kier molecular flexibility index (Phi) is 3.35. The summed E-state index contributed by atoms with van der Waals surface area (Å²) in [7, 11) is 1.70. The molecule has 3 nitrogen and oxygen atoms in total. The van der Waals surface area contributed by atoms with Crippen molar-refractivity contribution in [3.63, 3.8) is 0 Å². The average Bonchev–Trinajstić information content (AvgIpc) is 3.23. The van der Waals surface area contributed by atoms with Gasteiger partial charge in [0.05, 0.1) is 12.8 Å². The molecule has 0 aromatic heterocycles. The molecule has 3 rings (SSSR count). The van der Waals surface area contributed by atoms with Crippen LogP contribution in [0.1, 0.15) is 12.8 Å². The molecule has 0 bridgehead atoms. The van der Waals surface area contributed by atoms with Gasteiger partial charge in [0, 0.05) is 43.3 Å². The first-order valence-corrected chi connectivity index (χ1v) is 6.98.